The lowest BCUT2D eigenvalue weighted by molar-refractivity contribution is -0.143. The molecule has 0 saturated carbocycles. The predicted octanol–water partition coefficient (Wildman–Crippen LogP) is 6.67. The zero-order valence-electron chi connectivity index (χ0n) is 27.7. The quantitative estimate of drug-likeness (QED) is 0.149. The Morgan fingerprint density at radius 2 is 1.45 bits per heavy atom. The summed E-state index contributed by atoms with van der Waals surface area (Å²) in [5.74, 6) is -1.41. The molecule has 0 fully saturated rings. The standard InChI is InChI=1S/C34H30F9N7O3/c1-19-13-25-27(7-4-8-47(11-12-51)28(25)17-26(19)34(41,42)43)49(18-20-14-21(32(35,36)37)16-22(15-20)33(38,39)40)31-44-46-50(45-31)10-9-48-29(52)23-5-2-3-6-24(23)30(48)53/h2-3,5-6,13-17,27,51H,4,7-12,18H2,1H3. The number of imide groups is 1. The Balaban J connectivity index is 1.43. The van der Waals surface area contributed by atoms with E-state index in [4.69, 9.17) is 0 Å². The van der Waals surface area contributed by atoms with E-state index >= 15 is 0 Å². The van der Waals surface area contributed by atoms with Gasteiger partial charge in [-0.15, -0.1) is 5.10 Å². The number of alkyl halides is 9. The molecule has 2 aliphatic heterocycles. The molecule has 4 aromatic rings. The second-order valence-electron chi connectivity index (χ2n) is 12.6. The molecule has 1 unspecified atom stereocenters. The van der Waals surface area contributed by atoms with Crippen LogP contribution in [0.5, 0.6) is 0 Å². The van der Waals surface area contributed by atoms with Crippen molar-refractivity contribution in [3.8, 4) is 0 Å². The van der Waals surface area contributed by atoms with Crippen molar-refractivity contribution in [3.63, 3.8) is 0 Å². The second kappa shape index (κ2) is 14.0. The molecule has 0 bridgehead atoms. The number of aryl methyl sites for hydroxylation is 1. The minimum atomic E-state index is -5.16. The summed E-state index contributed by atoms with van der Waals surface area (Å²) in [4.78, 5) is 30.5. The van der Waals surface area contributed by atoms with Crippen molar-refractivity contribution < 1.29 is 54.2 Å². The number of benzene rings is 3. The maximum absolute atomic E-state index is 14.1. The molecule has 2 amide bonds. The Morgan fingerprint density at radius 1 is 0.830 bits per heavy atom. The van der Waals surface area contributed by atoms with E-state index in [0.29, 0.717) is 12.1 Å². The van der Waals surface area contributed by atoms with Gasteiger partial charge in [0.2, 0.25) is 0 Å². The highest BCUT2D eigenvalue weighted by Crippen LogP contribution is 2.44. The summed E-state index contributed by atoms with van der Waals surface area (Å²) in [6, 6.07) is 8.40. The van der Waals surface area contributed by atoms with Gasteiger partial charge in [0.15, 0.2) is 0 Å². The average molecular weight is 756 g/mol. The van der Waals surface area contributed by atoms with Gasteiger partial charge < -0.3 is 14.9 Å². The zero-order chi connectivity index (χ0) is 38.5. The normalized spacial score (nSPS) is 16.5. The molecule has 53 heavy (non-hydrogen) atoms. The van der Waals surface area contributed by atoms with Gasteiger partial charge in [0.05, 0.1) is 53.6 Å². The zero-order valence-corrected chi connectivity index (χ0v) is 27.7. The van der Waals surface area contributed by atoms with Crippen LogP contribution in [0.25, 0.3) is 0 Å². The number of anilines is 2. The van der Waals surface area contributed by atoms with Crippen molar-refractivity contribution in [1.82, 2.24) is 25.1 Å². The van der Waals surface area contributed by atoms with Crippen molar-refractivity contribution >= 4 is 23.5 Å². The number of aromatic nitrogens is 4. The van der Waals surface area contributed by atoms with Gasteiger partial charge in [-0.3, -0.25) is 14.5 Å². The third-order valence-corrected chi connectivity index (χ3v) is 9.13. The number of amides is 2. The minimum absolute atomic E-state index is 0.0165. The first kappa shape index (κ1) is 37.6. The van der Waals surface area contributed by atoms with Crippen LogP contribution in [0.2, 0.25) is 0 Å². The molecule has 0 radical (unpaired) electrons. The smallest absolute Gasteiger partial charge is 0.395 e. The summed E-state index contributed by atoms with van der Waals surface area (Å²) < 4.78 is 125. The van der Waals surface area contributed by atoms with Crippen molar-refractivity contribution in [1.29, 1.82) is 0 Å². The van der Waals surface area contributed by atoms with E-state index in [-0.39, 0.29) is 79.0 Å². The fourth-order valence-electron chi connectivity index (χ4n) is 6.70. The molecule has 1 N–H and O–H groups in total. The maximum Gasteiger partial charge on any atom is 0.416 e. The molecule has 1 atom stereocenters. The van der Waals surface area contributed by atoms with Gasteiger partial charge >= 0.3 is 18.5 Å². The van der Waals surface area contributed by atoms with Crippen molar-refractivity contribution in [2.75, 3.05) is 36.0 Å². The Bertz CT molecular complexity index is 1960. The summed E-state index contributed by atoms with van der Waals surface area (Å²) in [6.45, 7) is -0.171. The first-order valence-electron chi connectivity index (χ1n) is 16.2. The summed E-state index contributed by atoms with van der Waals surface area (Å²) in [5, 5.41) is 22.0. The molecule has 6 rings (SSSR count). The van der Waals surface area contributed by atoms with Gasteiger partial charge in [0.1, 0.15) is 0 Å². The molecule has 3 aromatic carbocycles. The number of aliphatic hydroxyl groups is 1. The van der Waals surface area contributed by atoms with Crippen molar-refractivity contribution in [2.24, 2.45) is 0 Å². The molecule has 19 heteroatoms. The summed E-state index contributed by atoms with van der Waals surface area (Å²) in [7, 11) is 0. The van der Waals surface area contributed by atoms with Crippen LogP contribution in [-0.2, 0) is 31.6 Å². The highest BCUT2D eigenvalue weighted by molar-refractivity contribution is 6.21. The van der Waals surface area contributed by atoms with E-state index in [1.54, 1.807) is 12.1 Å². The lowest BCUT2D eigenvalue weighted by Crippen LogP contribution is -2.33. The Morgan fingerprint density at radius 3 is 2.02 bits per heavy atom. The van der Waals surface area contributed by atoms with Gasteiger partial charge in [-0.25, -0.2) is 0 Å². The largest absolute Gasteiger partial charge is 0.416 e. The third-order valence-electron chi connectivity index (χ3n) is 9.13. The van der Waals surface area contributed by atoms with Gasteiger partial charge in [-0.2, -0.15) is 44.3 Å². The number of halogens is 9. The van der Waals surface area contributed by atoms with Crippen LogP contribution in [0.15, 0.2) is 54.6 Å². The van der Waals surface area contributed by atoms with Crippen LogP contribution in [0.1, 0.15) is 73.0 Å². The van der Waals surface area contributed by atoms with Crippen LogP contribution in [-0.4, -0.2) is 68.3 Å². The number of nitrogens with zero attached hydrogens (tertiary/aromatic N) is 7. The van der Waals surface area contributed by atoms with Crippen molar-refractivity contribution in [2.45, 2.75) is 57.4 Å². The van der Waals surface area contributed by atoms with E-state index in [2.05, 4.69) is 15.4 Å². The maximum atomic E-state index is 14.1. The third kappa shape index (κ3) is 7.65. The van der Waals surface area contributed by atoms with E-state index in [0.717, 1.165) is 15.8 Å². The fourth-order valence-corrected chi connectivity index (χ4v) is 6.70. The van der Waals surface area contributed by atoms with Gasteiger partial charge in [0, 0.05) is 25.3 Å². The monoisotopic (exact) mass is 755 g/mol. The van der Waals surface area contributed by atoms with Gasteiger partial charge in [0.25, 0.3) is 17.8 Å². The second-order valence-corrected chi connectivity index (χ2v) is 12.6. The first-order valence-corrected chi connectivity index (χ1v) is 16.2. The highest BCUT2D eigenvalue weighted by Gasteiger charge is 2.40. The number of hydrogen-bond donors (Lipinski definition) is 1. The Labute approximate surface area is 295 Å². The SMILES string of the molecule is Cc1cc2c(cc1C(F)(F)F)N(CCO)CCCC2N(Cc1cc(C(F)(F)F)cc(C(F)(F)F)c1)c1nnn(CCN2C(=O)c3ccccc3C2=O)n1. The molecular formula is C34H30F9N7O3. The minimum Gasteiger partial charge on any atom is -0.395 e. The molecule has 282 valence electrons. The lowest BCUT2D eigenvalue weighted by atomic mass is 9.94. The molecule has 10 nitrogen and oxygen atoms in total. The Kier molecular flexibility index (Phi) is 9.91. The first-order chi connectivity index (χ1) is 24.9. The molecule has 3 heterocycles. The summed E-state index contributed by atoms with van der Waals surface area (Å²) in [5.41, 5.74) is -4.05. The van der Waals surface area contributed by atoms with E-state index < -0.39 is 71.8 Å². The van der Waals surface area contributed by atoms with Crippen LogP contribution < -0.4 is 9.80 Å². The number of aliphatic hydroxyl groups excluding tert-OH is 1. The number of hydrogen-bond acceptors (Lipinski definition) is 8. The molecule has 0 saturated heterocycles. The molecule has 0 aliphatic carbocycles. The van der Waals surface area contributed by atoms with Crippen LogP contribution in [0, 0.1) is 6.92 Å². The van der Waals surface area contributed by atoms with E-state index in [1.165, 1.54) is 34.9 Å². The summed E-state index contributed by atoms with van der Waals surface area (Å²) in [6.07, 6.45) is -14.7. The van der Waals surface area contributed by atoms with Gasteiger partial charge in [-0.05, 0) is 78.1 Å². The molecule has 1 aromatic heterocycles. The summed E-state index contributed by atoms with van der Waals surface area (Å²) >= 11 is 0. The molecule has 2 aliphatic rings. The van der Waals surface area contributed by atoms with Crippen LogP contribution in [0.4, 0.5) is 51.1 Å². The van der Waals surface area contributed by atoms with Crippen molar-refractivity contribution in [3.05, 3.63) is 99.1 Å². The van der Waals surface area contributed by atoms with E-state index in [9.17, 15) is 54.2 Å². The molecular weight excluding hydrogens is 725 g/mol. The van der Waals surface area contributed by atoms with Crippen LogP contribution in [0.3, 0.4) is 0 Å². The number of carbonyl (C=O) groups excluding carboxylic acids is 2. The Hall–Kier alpha value is -5.20. The van der Waals surface area contributed by atoms with E-state index in [1.807, 2.05) is 0 Å². The lowest BCUT2D eigenvalue weighted by Gasteiger charge is -2.33. The fraction of sp³-hybridized carbons (Fsp3) is 0.382. The molecule has 0 spiro atoms. The number of fused-ring (bicyclic) bond motifs is 2. The number of β-amino-alcohol motifs (C(OH)–C–C–N with tert-alkyl or cyclic N) is 1. The van der Waals surface area contributed by atoms with Crippen LogP contribution >= 0.6 is 0 Å². The van der Waals surface area contributed by atoms with Gasteiger partial charge in [-0.1, -0.05) is 23.3 Å². The number of rotatable bonds is 9. The topological polar surface area (TPSA) is 108 Å². The number of tetrazole rings is 1. The predicted molar refractivity (Wildman–Crippen MR) is 170 cm³/mol. The number of carbonyl (C=O) groups is 2. The highest BCUT2D eigenvalue weighted by atomic mass is 19.4. The average Bonchev–Trinajstić information content (AvgIpc) is 3.59.